The van der Waals surface area contributed by atoms with Gasteiger partial charge in [-0.3, -0.25) is 9.69 Å². The number of nitrogens with zero attached hydrogens (tertiary/aromatic N) is 1. The van der Waals surface area contributed by atoms with Crippen LogP contribution in [0.4, 0.5) is 0 Å². The van der Waals surface area contributed by atoms with Gasteiger partial charge in [0.25, 0.3) is 0 Å². The van der Waals surface area contributed by atoms with Gasteiger partial charge in [0.1, 0.15) is 0 Å². The molecule has 0 radical (unpaired) electrons. The summed E-state index contributed by atoms with van der Waals surface area (Å²) in [6.07, 6.45) is 0. The average Bonchev–Trinajstić information content (AvgIpc) is 2.79. The minimum atomic E-state index is -0.205. The summed E-state index contributed by atoms with van der Waals surface area (Å²) in [5, 5.41) is 0. The fourth-order valence-corrected chi connectivity index (χ4v) is 3.52. The van der Waals surface area contributed by atoms with Crippen molar-refractivity contribution in [3.05, 3.63) is 35.9 Å². The van der Waals surface area contributed by atoms with E-state index < -0.39 is 0 Å². The summed E-state index contributed by atoms with van der Waals surface area (Å²) < 4.78 is 5.20. The van der Waals surface area contributed by atoms with Gasteiger partial charge in [0.05, 0.1) is 12.0 Å². The predicted octanol–water partition coefficient (Wildman–Crippen LogP) is 2.32. The Labute approximate surface area is 114 Å². The molecule has 2 aliphatic rings. The summed E-state index contributed by atoms with van der Waals surface area (Å²) in [5.74, 6) is 0.995. The third-order valence-corrected chi connectivity index (χ3v) is 4.79. The molecule has 1 aliphatic heterocycles. The fraction of sp³-hybridized carbons (Fsp3) is 0.562. The van der Waals surface area contributed by atoms with E-state index in [1.54, 1.807) is 0 Å². The van der Waals surface area contributed by atoms with Crippen LogP contribution in [0.5, 0.6) is 0 Å². The number of ether oxygens (including phenoxy) is 1. The molecular weight excluding hydrogens is 238 g/mol. The van der Waals surface area contributed by atoms with Crippen LogP contribution in [0.1, 0.15) is 19.4 Å². The number of hydrogen-bond donors (Lipinski definition) is 0. The zero-order valence-electron chi connectivity index (χ0n) is 11.6. The van der Waals surface area contributed by atoms with Gasteiger partial charge in [-0.25, -0.2) is 0 Å². The molecule has 1 aliphatic carbocycles. The number of carbonyl (C=O) groups excluding carboxylic acids is 1. The first kappa shape index (κ1) is 12.7. The largest absolute Gasteiger partial charge is 0.466 e. The number of rotatable bonds is 4. The lowest BCUT2D eigenvalue weighted by atomic mass is 10.0. The van der Waals surface area contributed by atoms with Crippen molar-refractivity contribution < 1.29 is 9.53 Å². The molecule has 2 unspecified atom stereocenters. The van der Waals surface area contributed by atoms with Gasteiger partial charge in [-0.15, -0.1) is 0 Å². The second kappa shape index (κ2) is 4.64. The van der Waals surface area contributed by atoms with E-state index in [9.17, 15) is 4.79 Å². The molecule has 0 bridgehead atoms. The van der Waals surface area contributed by atoms with E-state index in [1.165, 1.54) is 5.56 Å². The second-order valence-corrected chi connectivity index (χ2v) is 5.90. The Morgan fingerprint density at radius 1 is 1.32 bits per heavy atom. The van der Waals surface area contributed by atoms with Gasteiger partial charge in [0, 0.05) is 19.6 Å². The van der Waals surface area contributed by atoms with E-state index in [1.807, 2.05) is 13.0 Å². The molecule has 1 heterocycles. The molecule has 19 heavy (non-hydrogen) atoms. The topological polar surface area (TPSA) is 29.5 Å². The summed E-state index contributed by atoms with van der Waals surface area (Å²) in [4.78, 5) is 14.4. The van der Waals surface area contributed by atoms with Crippen molar-refractivity contribution in [1.82, 2.24) is 4.90 Å². The summed E-state index contributed by atoms with van der Waals surface area (Å²) in [7, 11) is 0. The molecule has 1 saturated heterocycles. The van der Waals surface area contributed by atoms with Gasteiger partial charge in [-0.05, 0) is 31.2 Å². The number of piperidine rings is 1. The molecule has 3 nitrogen and oxygen atoms in total. The molecule has 0 aromatic heterocycles. The first-order chi connectivity index (χ1) is 9.16. The summed E-state index contributed by atoms with van der Waals surface area (Å²) in [6, 6.07) is 10.5. The van der Waals surface area contributed by atoms with Crippen LogP contribution in [-0.2, 0) is 16.1 Å². The van der Waals surface area contributed by atoms with Crippen LogP contribution in [-0.4, -0.2) is 30.6 Å². The maximum absolute atomic E-state index is 12.0. The number of carbonyl (C=O) groups is 1. The van der Waals surface area contributed by atoms with Crippen LogP contribution < -0.4 is 0 Å². The van der Waals surface area contributed by atoms with Crippen LogP contribution in [0, 0.1) is 17.3 Å². The van der Waals surface area contributed by atoms with Crippen molar-refractivity contribution in [2.45, 2.75) is 20.4 Å². The normalized spacial score (nSPS) is 32.9. The minimum Gasteiger partial charge on any atom is -0.466 e. The number of likely N-dealkylation sites (tertiary alicyclic amines) is 1. The predicted molar refractivity (Wildman–Crippen MR) is 73.4 cm³/mol. The Kier molecular flexibility index (Phi) is 3.09. The molecule has 3 heteroatoms. The van der Waals surface area contributed by atoms with Crippen molar-refractivity contribution in [2.24, 2.45) is 17.3 Å². The maximum Gasteiger partial charge on any atom is 0.312 e. The van der Waals surface area contributed by atoms with Crippen LogP contribution >= 0.6 is 0 Å². The molecule has 3 rings (SSSR count). The van der Waals surface area contributed by atoms with Crippen molar-refractivity contribution in [1.29, 1.82) is 0 Å². The SMILES string of the molecule is CCOC(=O)C1(C)C2CN(Cc3ccccc3)CC21. The number of benzene rings is 1. The van der Waals surface area contributed by atoms with E-state index in [-0.39, 0.29) is 11.4 Å². The molecule has 2 atom stereocenters. The van der Waals surface area contributed by atoms with E-state index in [0.29, 0.717) is 18.4 Å². The summed E-state index contributed by atoms with van der Waals surface area (Å²) >= 11 is 0. The van der Waals surface area contributed by atoms with E-state index in [0.717, 1.165) is 19.6 Å². The highest BCUT2D eigenvalue weighted by Crippen LogP contribution is 2.63. The average molecular weight is 259 g/mol. The van der Waals surface area contributed by atoms with Crippen LogP contribution in [0.15, 0.2) is 30.3 Å². The fourth-order valence-electron chi connectivity index (χ4n) is 3.52. The Morgan fingerprint density at radius 3 is 2.53 bits per heavy atom. The molecule has 102 valence electrons. The van der Waals surface area contributed by atoms with Gasteiger partial charge < -0.3 is 4.74 Å². The zero-order valence-corrected chi connectivity index (χ0v) is 11.6. The van der Waals surface area contributed by atoms with Crippen LogP contribution in [0.25, 0.3) is 0 Å². The monoisotopic (exact) mass is 259 g/mol. The smallest absolute Gasteiger partial charge is 0.312 e. The van der Waals surface area contributed by atoms with Crippen LogP contribution in [0.3, 0.4) is 0 Å². The third kappa shape index (κ3) is 2.06. The number of esters is 1. The highest BCUT2D eigenvalue weighted by molar-refractivity contribution is 5.81. The molecule has 0 amide bonds. The summed E-state index contributed by atoms with van der Waals surface area (Å²) in [6.45, 7) is 7.47. The number of hydrogen-bond acceptors (Lipinski definition) is 3. The Bertz CT molecular complexity index is 459. The van der Waals surface area contributed by atoms with E-state index >= 15 is 0 Å². The van der Waals surface area contributed by atoms with E-state index in [4.69, 9.17) is 4.74 Å². The maximum atomic E-state index is 12.0. The quantitative estimate of drug-likeness (QED) is 0.777. The molecule has 2 fully saturated rings. The summed E-state index contributed by atoms with van der Waals surface area (Å²) in [5.41, 5.74) is 1.14. The lowest BCUT2D eigenvalue weighted by Gasteiger charge is -2.23. The Morgan fingerprint density at radius 2 is 1.95 bits per heavy atom. The molecule has 0 spiro atoms. The second-order valence-electron chi connectivity index (χ2n) is 5.90. The highest BCUT2D eigenvalue weighted by atomic mass is 16.5. The highest BCUT2D eigenvalue weighted by Gasteiger charge is 2.70. The van der Waals surface area contributed by atoms with Crippen molar-refractivity contribution >= 4 is 5.97 Å². The standard InChI is InChI=1S/C16H21NO2/c1-3-19-15(18)16(2)13-10-17(11-14(13)16)9-12-7-5-4-6-8-12/h4-8,13-14H,3,9-11H2,1-2H3. The van der Waals surface area contributed by atoms with Crippen molar-refractivity contribution in [3.8, 4) is 0 Å². The van der Waals surface area contributed by atoms with Gasteiger partial charge in [0.2, 0.25) is 0 Å². The molecular formula is C16H21NO2. The van der Waals surface area contributed by atoms with Gasteiger partial charge in [-0.1, -0.05) is 30.3 Å². The molecule has 1 aromatic rings. The Balaban J connectivity index is 1.57. The van der Waals surface area contributed by atoms with Crippen molar-refractivity contribution in [3.63, 3.8) is 0 Å². The first-order valence-corrected chi connectivity index (χ1v) is 7.09. The molecule has 1 aromatic carbocycles. The zero-order chi connectivity index (χ0) is 13.5. The van der Waals surface area contributed by atoms with Gasteiger partial charge >= 0.3 is 5.97 Å². The molecule has 1 saturated carbocycles. The van der Waals surface area contributed by atoms with Gasteiger partial charge in [-0.2, -0.15) is 0 Å². The van der Waals surface area contributed by atoms with Gasteiger partial charge in [0.15, 0.2) is 0 Å². The third-order valence-electron chi connectivity index (χ3n) is 4.79. The minimum absolute atomic E-state index is 0.00404. The van der Waals surface area contributed by atoms with E-state index in [2.05, 4.69) is 36.1 Å². The Hall–Kier alpha value is -1.35. The number of fused-ring (bicyclic) bond motifs is 1. The molecule has 0 N–H and O–H groups in total. The van der Waals surface area contributed by atoms with Crippen molar-refractivity contribution in [2.75, 3.05) is 19.7 Å². The van der Waals surface area contributed by atoms with Crippen LogP contribution in [0.2, 0.25) is 0 Å². The first-order valence-electron chi connectivity index (χ1n) is 7.09. The lowest BCUT2D eigenvalue weighted by Crippen LogP contribution is -2.31. The lowest BCUT2D eigenvalue weighted by molar-refractivity contribution is -0.150.